The zero-order valence-corrected chi connectivity index (χ0v) is 7.14. The molecule has 0 atom stereocenters. The van der Waals surface area contributed by atoms with Gasteiger partial charge in [-0.15, -0.1) is 5.10 Å². The number of carbonyl (C=O) groups excluding carboxylic acids is 1. The summed E-state index contributed by atoms with van der Waals surface area (Å²) in [5.74, 6) is -0.874. The van der Waals surface area contributed by atoms with Crippen molar-refractivity contribution < 1.29 is 4.79 Å². The van der Waals surface area contributed by atoms with Gasteiger partial charge in [0.2, 0.25) is 5.96 Å². The maximum atomic E-state index is 11.3. The number of nitrogens with one attached hydrogen (secondary N) is 1. The number of carbonyl (C=O) groups is 1. The van der Waals surface area contributed by atoms with Crippen LogP contribution in [0.5, 0.6) is 0 Å². The lowest BCUT2D eigenvalue weighted by molar-refractivity contribution is 0.0950. The Bertz CT molecular complexity index is 370. The predicted molar refractivity (Wildman–Crippen MR) is 49.7 cm³/mol. The molecule has 1 amide bonds. The van der Waals surface area contributed by atoms with E-state index in [1.165, 1.54) is 12.4 Å². The fourth-order valence-corrected chi connectivity index (χ4v) is 0.692. The molecular weight excluding hydrogens is 186 g/mol. The summed E-state index contributed by atoms with van der Waals surface area (Å²) >= 11 is 0. The Morgan fingerprint density at radius 1 is 1.36 bits per heavy atom. The Labute approximate surface area is 79.2 Å². The zero-order valence-electron chi connectivity index (χ0n) is 7.14. The van der Waals surface area contributed by atoms with E-state index in [0.717, 1.165) is 0 Å². The van der Waals surface area contributed by atoms with Gasteiger partial charge in [0.1, 0.15) is 0 Å². The summed E-state index contributed by atoms with van der Waals surface area (Å²) in [6, 6.07) is 0. The molecule has 0 saturated carbocycles. The van der Waals surface area contributed by atoms with Gasteiger partial charge >= 0.3 is 0 Å². The van der Waals surface area contributed by atoms with E-state index in [9.17, 15) is 4.79 Å². The van der Waals surface area contributed by atoms with Crippen molar-refractivity contribution in [2.24, 2.45) is 16.6 Å². The van der Waals surface area contributed by atoms with Crippen LogP contribution >= 0.6 is 0 Å². The lowest BCUT2D eigenvalue weighted by Crippen LogP contribution is -2.29. The monoisotopic (exact) mass is 195 g/mol. The van der Waals surface area contributed by atoms with E-state index in [1.807, 2.05) is 0 Å². The van der Waals surface area contributed by atoms with Gasteiger partial charge in [-0.3, -0.25) is 4.79 Å². The number of amides is 1. The summed E-state index contributed by atoms with van der Waals surface area (Å²) in [7, 11) is 0. The predicted octanol–water partition coefficient (Wildman–Crippen LogP) is -2.02. The van der Waals surface area contributed by atoms with E-state index < -0.39 is 5.91 Å². The van der Waals surface area contributed by atoms with Crippen LogP contribution in [0.1, 0.15) is 10.5 Å². The highest BCUT2D eigenvalue weighted by molar-refractivity contribution is 5.96. The second kappa shape index (κ2) is 4.03. The van der Waals surface area contributed by atoms with Gasteiger partial charge < -0.3 is 17.2 Å². The lowest BCUT2D eigenvalue weighted by Gasteiger charge is -2.00. The quantitative estimate of drug-likeness (QED) is 0.243. The first kappa shape index (κ1) is 9.71. The standard InChI is InChI=1S/C6H9N7O/c7-4-3(10-1-2-11-4)5(14)12-13-6(8)9/h1-2H,(H2,7,11)(H,12,14)(H4,8,9,13). The van der Waals surface area contributed by atoms with E-state index in [0.29, 0.717) is 0 Å². The molecule has 7 N–H and O–H groups in total. The Morgan fingerprint density at radius 3 is 2.57 bits per heavy atom. The van der Waals surface area contributed by atoms with Gasteiger partial charge in [-0.25, -0.2) is 15.4 Å². The van der Waals surface area contributed by atoms with Crippen LogP contribution in [0.3, 0.4) is 0 Å². The molecule has 1 aromatic rings. The normalized spacial score (nSPS) is 9.14. The largest absolute Gasteiger partial charge is 0.382 e. The fraction of sp³-hybridized carbons (Fsp3) is 0. The van der Waals surface area contributed by atoms with Crippen molar-refractivity contribution in [3.8, 4) is 0 Å². The number of guanidine groups is 1. The van der Waals surface area contributed by atoms with Crippen LogP contribution in [0.4, 0.5) is 5.82 Å². The van der Waals surface area contributed by atoms with E-state index in [2.05, 4.69) is 20.5 Å². The molecule has 74 valence electrons. The molecule has 1 aromatic heterocycles. The third kappa shape index (κ3) is 2.30. The maximum absolute atomic E-state index is 11.3. The number of hydrogen-bond acceptors (Lipinski definition) is 5. The van der Waals surface area contributed by atoms with Crippen molar-refractivity contribution in [2.75, 3.05) is 5.73 Å². The molecule has 0 aliphatic rings. The summed E-state index contributed by atoms with van der Waals surface area (Å²) in [5.41, 5.74) is 17.4. The molecule has 0 radical (unpaired) electrons. The Hall–Kier alpha value is -2.38. The molecule has 1 heterocycles. The Kier molecular flexibility index (Phi) is 2.79. The molecule has 0 aliphatic carbocycles. The van der Waals surface area contributed by atoms with Crippen molar-refractivity contribution >= 4 is 17.7 Å². The molecule has 0 aliphatic heterocycles. The molecule has 14 heavy (non-hydrogen) atoms. The molecule has 0 fully saturated rings. The highest BCUT2D eigenvalue weighted by atomic mass is 16.2. The van der Waals surface area contributed by atoms with Crippen LogP contribution in [-0.2, 0) is 0 Å². The number of nitrogens with two attached hydrogens (primary N) is 3. The molecule has 0 saturated heterocycles. The van der Waals surface area contributed by atoms with Gasteiger partial charge in [0.25, 0.3) is 5.91 Å². The minimum absolute atomic E-state index is 0.00999. The Morgan fingerprint density at radius 2 is 2.00 bits per heavy atom. The first-order valence-electron chi connectivity index (χ1n) is 3.56. The zero-order chi connectivity index (χ0) is 10.6. The number of hydrogen-bond donors (Lipinski definition) is 4. The van der Waals surface area contributed by atoms with Crippen molar-refractivity contribution in [1.29, 1.82) is 0 Å². The smallest absolute Gasteiger partial charge is 0.293 e. The molecule has 0 bridgehead atoms. The Balaban J connectivity index is 2.80. The summed E-state index contributed by atoms with van der Waals surface area (Å²) in [6.07, 6.45) is 2.70. The van der Waals surface area contributed by atoms with Gasteiger partial charge in [-0.2, -0.15) is 0 Å². The van der Waals surface area contributed by atoms with Crippen molar-refractivity contribution in [2.45, 2.75) is 0 Å². The van der Waals surface area contributed by atoms with Crippen LogP contribution in [-0.4, -0.2) is 21.8 Å². The van der Waals surface area contributed by atoms with Gasteiger partial charge in [-0.05, 0) is 0 Å². The lowest BCUT2D eigenvalue weighted by atomic mass is 10.4. The van der Waals surface area contributed by atoms with Crippen LogP contribution in [0.2, 0.25) is 0 Å². The maximum Gasteiger partial charge on any atom is 0.293 e. The number of nitrogen functional groups attached to an aromatic ring is 1. The van der Waals surface area contributed by atoms with Crippen LogP contribution in [0.25, 0.3) is 0 Å². The van der Waals surface area contributed by atoms with Crippen molar-refractivity contribution in [3.05, 3.63) is 18.1 Å². The minimum atomic E-state index is -0.621. The average molecular weight is 195 g/mol. The fourth-order valence-electron chi connectivity index (χ4n) is 0.692. The SMILES string of the molecule is NC(N)=NNC(=O)c1nccnc1N. The van der Waals surface area contributed by atoms with E-state index in [4.69, 9.17) is 17.2 Å². The summed E-state index contributed by atoms with van der Waals surface area (Å²) in [6.45, 7) is 0. The number of aromatic nitrogens is 2. The topological polar surface area (TPSA) is 145 Å². The third-order valence-electron chi connectivity index (χ3n) is 1.23. The summed E-state index contributed by atoms with van der Waals surface area (Å²) < 4.78 is 0. The van der Waals surface area contributed by atoms with Gasteiger partial charge in [0, 0.05) is 12.4 Å². The van der Waals surface area contributed by atoms with Gasteiger partial charge in [0.05, 0.1) is 0 Å². The molecule has 0 spiro atoms. The van der Waals surface area contributed by atoms with Crippen molar-refractivity contribution in [3.63, 3.8) is 0 Å². The van der Waals surface area contributed by atoms with Crippen LogP contribution in [0, 0.1) is 0 Å². The van der Waals surface area contributed by atoms with Gasteiger partial charge in [0.15, 0.2) is 11.5 Å². The number of nitrogens with zero attached hydrogens (tertiary/aromatic N) is 3. The molecule has 0 unspecified atom stereocenters. The first-order valence-corrected chi connectivity index (χ1v) is 3.56. The van der Waals surface area contributed by atoms with E-state index in [1.54, 1.807) is 0 Å². The second-order valence-corrected chi connectivity index (χ2v) is 2.27. The highest BCUT2D eigenvalue weighted by Crippen LogP contribution is 2.01. The van der Waals surface area contributed by atoms with Crippen LogP contribution < -0.4 is 22.6 Å². The number of anilines is 1. The first-order chi connectivity index (χ1) is 6.61. The van der Waals surface area contributed by atoms with E-state index >= 15 is 0 Å². The summed E-state index contributed by atoms with van der Waals surface area (Å²) in [4.78, 5) is 18.6. The number of rotatable bonds is 2. The van der Waals surface area contributed by atoms with E-state index in [-0.39, 0.29) is 17.5 Å². The minimum Gasteiger partial charge on any atom is -0.382 e. The molecule has 8 heteroatoms. The molecule has 8 nitrogen and oxygen atoms in total. The molecule has 0 aromatic carbocycles. The number of hydrazone groups is 1. The molecule has 1 rings (SSSR count). The van der Waals surface area contributed by atoms with Crippen molar-refractivity contribution in [1.82, 2.24) is 15.4 Å². The molecular formula is C6H9N7O. The summed E-state index contributed by atoms with van der Waals surface area (Å²) in [5, 5.41) is 3.29. The second-order valence-electron chi connectivity index (χ2n) is 2.27. The highest BCUT2D eigenvalue weighted by Gasteiger charge is 2.10. The van der Waals surface area contributed by atoms with Crippen LogP contribution in [0.15, 0.2) is 17.5 Å². The average Bonchev–Trinajstić information content (AvgIpc) is 2.15. The van der Waals surface area contributed by atoms with Gasteiger partial charge in [-0.1, -0.05) is 0 Å². The third-order valence-corrected chi connectivity index (χ3v) is 1.23.